The Bertz CT molecular complexity index is 385. The number of aryl methyl sites for hydroxylation is 1. The number of alkyl halides is 1. The molecule has 1 aromatic rings. The quantitative estimate of drug-likeness (QED) is 0.747. The molecular weight excluding hydrogens is 229 g/mol. The van der Waals surface area contributed by atoms with Crippen LogP contribution in [0.15, 0.2) is 6.33 Å². The minimum absolute atomic E-state index is 0.172. The lowest BCUT2D eigenvalue weighted by Crippen LogP contribution is -2.35. The maximum Gasteiger partial charge on any atom is 0.186 e. The molecule has 1 saturated heterocycles. The summed E-state index contributed by atoms with van der Waals surface area (Å²) in [5.74, 6) is 1.05. The van der Waals surface area contributed by atoms with E-state index in [0.717, 1.165) is 13.0 Å². The maximum atomic E-state index is 13.9. The van der Waals surface area contributed by atoms with E-state index in [1.165, 1.54) is 6.33 Å². The fourth-order valence-corrected chi connectivity index (χ4v) is 2.62. The Morgan fingerprint density at radius 1 is 1.56 bits per heavy atom. The minimum Gasteiger partial charge on any atom is -0.350 e. The van der Waals surface area contributed by atoms with Crippen molar-refractivity contribution in [1.29, 1.82) is 0 Å². The average Bonchev–Trinajstić information content (AvgIpc) is 2.63. The fourth-order valence-electron chi connectivity index (χ4n) is 2.15. The van der Waals surface area contributed by atoms with Crippen LogP contribution in [-0.4, -0.2) is 28.4 Å². The predicted molar refractivity (Wildman–Crippen MR) is 62.4 cm³/mol. The van der Waals surface area contributed by atoms with Crippen LogP contribution in [0.5, 0.6) is 0 Å². The number of rotatable bonds is 2. The van der Waals surface area contributed by atoms with Crippen molar-refractivity contribution in [2.75, 3.05) is 17.3 Å². The van der Waals surface area contributed by atoms with E-state index in [-0.39, 0.29) is 11.9 Å². The molecule has 2 rings (SSSR count). The largest absolute Gasteiger partial charge is 0.350 e. The first-order chi connectivity index (χ1) is 7.65. The first-order valence-corrected chi connectivity index (χ1v) is 5.98. The SMILES string of the molecule is Cc1ncnc(N2CCC(C)C2CCl)c1F. The van der Waals surface area contributed by atoms with Gasteiger partial charge in [0, 0.05) is 18.5 Å². The van der Waals surface area contributed by atoms with Gasteiger partial charge in [-0.15, -0.1) is 11.6 Å². The topological polar surface area (TPSA) is 29.0 Å². The predicted octanol–water partition coefficient (Wildman–Crippen LogP) is 2.38. The van der Waals surface area contributed by atoms with Gasteiger partial charge < -0.3 is 4.90 Å². The Hall–Kier alpha value is -0.900. The zero-order chi connectivity index (χ0) is 11.7. The Kier molecular flexibility index (Phi) is 3.28. The van der Waals surface area contributed by atoms with Gasteiger partial charge in [-0.2, -0.15) is 0 Å². The molecule has 1 aliphatic heterocycles. The van der Waals surface area contributed by atoms with Gasteiger partial charge in [0.2, 0.25) is 0 Å². The molecule has 1 aliphatic rings. The Balaban J connectivity index is 2.34. The summed E-state index contributed by atoms with van der Waals surface area (Å²) in [6.45, 7) is 4.60. The highest BCUT2D eigenvalue weighted by atomic mass is 35.5. The number of aromatic nitrogens is 2. The van der Waals surface area contributed by atoms with Crippen LogP contribution in [-0.2, 0) is 0 Å². The van der Waals surface area contributed by atoms with E-state index in [2.05, 4.69) is 16.9 Å². The van der Waals surface area contributed by atoms with Crippen LogP contribution in [0.1, 0.15) is 19.0 Å². The van der Waals surface area contributed by atoms with Crippen molar-refractivity contribution in [3.8, 4) is 0 Å². The van der Waals surface area contributed by atoms with Gasteiger partial charge in [-0.1, -0.05) is 6.92 Å². The first kappa shape index (κ1) is 11.6. The number of halogens is 2. The molecule has 1 fully saturated rings. The van der Waals surface area contributed by atoms with Gasteiger partial charge in [0.15, 0.2) is 11.6 Å². The van der Waals surface area contributed by atoms with Gasteiger partial charge in [0.1, 0.15) is 6.33 Å². The Morgan fingerprint density at radius 3 is 3.00 bits per heavy atom. The lowest BCUT2D eigenvalue weighted by molar-refractivity contribution is 0.537. The van der Waals surface area contributed by atoms with Crippen LogP contribution in [0, 0.1) is 18.7 Å². The number of anilines is 1. The van der Waals surface area contributed by atoms with Gasteiger partial charge >= 0.3 is 0 Å². The summed E-state index contributed by atoms with van der Waals surface area (Å²) in [7, 11) is 0. The summed E-state index contributed by atoms with van der Waals surface area (Å²) in [6, 6.07) is 0.172. The molecule has 0 spiro atoms. The zero-order valence-corrected chi connectivity index (χ0v) is 10.2. The van der Waals surface area contributed by atoms with Crippen LogP contribution in [0.25, 0.3) is 0 Å². The molecule has 2 heterocycles. The van der Waals surface area contributed by atoms with E-state index in [9.17, 15) is 4.39 Å². The van der Waals surface area contributed by atoms with Crippen molar-refractivity contribution in [2.45, 2.75) is 26.3 Å². The lowest BCUT2D eigenvalue weighted by atomic mass is 10.1. The lowest BCUT2D eigenvalue weighted by Gasteiger charge is -2.26. The number of hydrogen-bond acceptors (Lipinski definition) is 3. The highest BCUT2D eigenvalue weighted by Crippen LogP contribution is 2.30. The molecule has 16 heavy (non-hydrogen) atoms. The Morgan fingerprint density at radius 2 is 2.31 bits per heavy atom. The van der Waals surface area contributed by atoms with Gasteiger partial charge in [-0.25, -0.2) is 14.4 Å². The number of hydrogen-bond donors (Lipinski definition) is 0. The number of nitrogens with zero attached hydrogens (tertiary/aromatic N) is 3. The molecule has 0 radical (unpaired) electrons. The fraction of sp³-hybridized carbons (Fsp3) is 0.636. The van der Waals surface area contributed by atoms with E-state index in [1.54, 1.807) is 6.92 Å². The van der Waals surface area contributed by atoms with Crippen molar-refractivity contribution >= 4 is 17.4 Å². The molecule has 0 aliphatic carbocycles. The molecule has 3 nitrogen and oxygen atoms in total. The van der Waals surface area contributed by atoms with E-state index in [1.807, 2.05) is 4.90 Å². The average molecular weight is 244 g/mol. The van der Waals surface area contributed by atoms with Gasteiger partial charge in [0.25, 0.3) is 0 Å². The summed E-state index contributed by atoms with van der Waals surface area (Å²) in [4.78, 5) is 9.83. The molecular formula is C11H15ClFN3. The Labute approximate surface area is 99.6 Å². The maximum absolute atomic E-state index is 13.9. The van der Waals surface area contributed by atoms with Crippen LogP contribution in [0.4, 0.5) is 10.2 Å². The molecule has 0 aromatic carbocycles. The third-order valence-corrected chi connectivity index (χ3v) is 3.57. The minimum atomic E-state index is -0.327. The van der Waals surface area contributed by atoms with Crippen molar-refractivity contribution in [1.82, 2.24) is 9.97 Å². The standard InChI is InChI=1S/C11H15ClFN3/c1-7-3-4-16(9(7)5-12)11-10(13)8(2)14-6-15-11/h6-7,9H,3-5H2,1-2H3. The highest BCUT2D eigenvalue weighted by Gasteiger charge is 2.33. The summed E-state index contributed by atoms with van der Waals surface area (Å²) < 4.78 is 13.9. The van der Waals surface area contributed by atoms with Crippen molar-refractivity contribution in [3.63, 3.8) is 0 Å². The van der Waals surface area contributed by atoms with E-state index >= 15 is 0 Å². The smallest absolute Gasteiger partial charge is 0.186 e. The van der Waals surface area contributed by atoms with Crippen LogP contribution in [0.3, 0.4) is 0 Å². The summed E-state index contributed by atoms with van der Waals surface area (Å²) in [5, 5.41) is 0. The van der Waals surface area contributed by atoms with Crippen molar-refractivity contribution in [2.24, 2.45) is 5.92 Å². The zero-order valence-electron chi connectivity index (χ0n) is 9.45. The van der Waals surface area contributed by atoms with Crippen LogP contribution in [0.2, 0.25) is 0 Å². The highest BCUT2D eigenvalue weighted by molar-refractivity contribution is 6.18. The first-order valence-electron chi connectivity index (χ1n) is 5.45. The van der Waals surface area contributed by atoms with E-state index in [0.29, 0.717) is 23.3 Å². The monoisotopic (exact) mass is 243 g/mol. The molecule has 0 saturated carbocycles. The second-order valence-corrected chi connectivity index (χ2v) is 4.59. The van der Waals surface area contributed by atoms with E-state index in [4.69, 9.17) is 11.6 Å². The molecule has 2 atom stereocenters. The van der Waals surface area contributed by atoms with Crippen LogP contribution < -0.4 is 4.90 Å². The molecule has 88 valence electrons. The van der Waals surface area contributed by atoms with Crippen molar-refractivity contribution in [3.05, 3.63) is 17.8 Å². The summed E-state index contributed by atoms with van der Waals surface area (Å²) >= 11 is 5.93. The summed E-state index contributed by atoms with van der Waals surface area (Å²) in [6.07, 6.45) is 2.43. The van der Waals surface area contributed by atoms with Gasteiger partial charge in [0.05, 0.1) is 5.69 Å². The molecule has 0 amide bonds. The van der Waals surface area contributed by atoms with E-state index < -0.39 is 0 Å². The molecule has 5 heteroatoms. The molecule has 0 bridgehead atoms. The second kappa shape index (κ2) is 4.53. The third kappa shape index (κ3) is 1.86. The normalized spacial score (nSPS) is 25.1. The molecule has 1 aromatic heterocycles. The van der Waals surface area contributed by atoms with Gasteiger partial charge in [-0.3, -0.25) is 0 Å². The van der Waals surface area contributed by atoms with Gasteiger partial charge in [-0.05, 0) is 19.3 Å². The second-order valence-electron chi connectivity index (χ2n) is 4.28. The van der Waals surface area contributed by atoms with Crippen molar-refractivity contribution < 1.29 is 4.39 Å². The summed E-state index contributed by atoms with van der Waals surface area (Å²) in [5.41, 5.74) is 0.387. The molecule has 2 unspecified atom stereocenters. The molecule has 0 N–H and O–H groups in total. The van der Waals surface area contributed by atoms with Crippen LogP contribution >= 0.6 is 11.6 Å². The third-order valence-electron chi connectivity index (χ3n) is 3.26.